The first-order valence-corrected chi connectivity index (χ1v) is 8.65. The third-order valence-electron chi connectivity index (χ3n) is 3.91. The fourth-order valence-electron chi connectivity index (χ4n) is 2.32. The molecule has 0 aliphatic rings. The van der Waals surface area contributed by atoms with Crippen molar-refractivity contribution < 1.29 is 14.3 Å². The molecule has 5 heteroatoms. The van der Waals surface area contributed by atoms with Gasteiger partial charge in [-0.15, -0.1) is 0 Å². The first kappa shape index (κ1) is 19.5. The summed E-state index contributed by atoms with van der Waals surface area (Å²) in [7, 11) is 0. The summed E-state index contributed by atoms with van der Waals surface area (Å²) in [4.78, 5) is 25.4. The summed E-state index contributed by atoms with van der Waals surface area (Å²) in [5, 5.41) is 5.61. The van der Waals surface area contributed by atoms with Crippen LogP contribution in [0.25, 0.3) is 0 Å². The smallest absolute Gasteiger partial charge is 0.239 e. The highest BCUT2D eigenvalue weighted by Crippen LogP contribution is 2.28. The zero-order valence-corrected chi connectivity index (χ0v) is 15.9. The molecule has 0 saturated carbocycles. The summed E-state index contributed by atoms with van der Waals surface area (Å²) in [6.07, 6.45) is -0.0225. The minimum Gasteiger partial charge on any atom is -0.489 e. The Morgan fingerprint density at radius 2 is 1.62 bits per heavy atom. The van der Waals surface area contributed by atoms with Crippen LogP contribution in [0.1, 0.15) is 33.3 Å². The average molecular weight is 354 g/mol. The molecule has 138 valence electrons. The Hall–Kier alpha value is -2.82. The Bertz CT molecular complexity index is 797. The predicted molar refractivity (Wildman–Crippen MR) is 104 cm³/mol. The summed E-state index contributed by atoms with van der Waals surface area (Å²) in [6.45, 7) is 8.97. The lowest BCUT2D eigenvalue weighted by Crippen LogP contribution is -2.41. The van der Waals surface area contributed by atoms with Gasteiger partial charge in [-0.2, -0.15) is 0 Å². The SMILES string of the molecule is Cc1cccc(NC(=O)C(C)(C)C(=O)Nc2ccccc2OC(C)C)c1. The second kappa shape index (κ2) is 8.04. The molecule has 0 aromatic heterocycles. The molecule has 5 nitrogen and oxygen atoms in total. The fourth-order valence-corrected chi connectivity index (χ4v) is 2.32. The predicted octanol–water partition coefficient (Wildman–Crippen LogP) is 4.39. The van der Waals surface area contributed by atoms with Crippen LogP contribution in [0.5, 0.6) is 5.75 Å². The molecule has 0 unspecified atom stereocenters. The van der Waals surface area contributed by atoms with E-state index < -0.39 is 11.3 Å². The van der Waals surface area contributed by atoms with E-state index in [1.165, 1.54) is 0 Å². The Morgan fingerprint density at radius 1 is 0.962 bits per heavy atom. The minimum atomic E-state index is -1.26. The third-order valence-corrected chi connectivity index (χ3v) is 3.91. The van der Waals surface area contributed by atoms with Gasteiger partial charge >= 0.3 is 0 Å². The molecule has 26 heavy (non-hydrogen) atoms. The average Bonchev–Trinajstić information content (AvgIpc) is 2.56. The van der Waals surface area contributed by atoms with Crippen molar-refractivity contribution in [2.45, 2.75) is 40.7 Å². The van der Waals surface area contributed by atoms with Crippen molar-refractivity contribution in [2.24, 2.45) is 5.41 Å². The van der Waals surface area contributed by atoms with E-state index in [0.717, 1.165) is 5.56 Å². The van der Waals surface area contributed by atoms with Crippen molar-refractivity contribution in [1.82, 2.24) is 0 Å². The van der Waals surface area contributed by atoms with E-state index in [1.807, 2.05) is 51.1 Å². The van der Waals surface area contributed by atoms with Gasteiger partial charge < -0.3 is 15.4 Å². The van der Waals surface area contributed by atoms with Crippen LogP contribution in [0.2, 0.25) is 0 Å². The number of rotatable bonds is 6. The summed E-state index contributed by atoms with van der Waals surface area (Å²) in [5.41, 5.74) is 0.987. The minimum absolute atomic E-state index is 0.0225. The number of carbonyl (C=O) groups is 2. The molecular formula is C21H26N2O3. The van der Waals surface area contributed by atoms with Gasteiger partial charge in [0.2, 0.25) is 11.8 Å². The van der Waals surface area contributed by atoms with Crippen molar-refractivity contribution in [3.8, 4) is 5.75 Å². The Kier molecular flexibility index (Phi) is 6.03. The number of ether oxygens (including phenoxy) is 1. The van der Waals surface area contributed by atoms with E-state index in [0.29, 0.717) is 17.1 Å². The van der Waals surface area contributed by atoms with Crippen LogP contribution >= 0.6 is 0 Å². The highest BCUT2D eigenvalue weighted by molar-refractivity contribution is 6.14. The summed E-state index contributed by atoms with van der Waals surface area (Å²) in [6, 6.07) is 14.6. The second-order valence-corrected chi connectivity index (χ2v) is 7.07. The molecule has 0 atom stereocenters. The van der Waals surface area contributed by atoms with Gasteiger partial charge in [-0.1, -0.05) is 24.3 Å². The molecule has 2 N–H and O–H groups in total. The monoisotopic (exact) mass is 354 g/mol. The van der Waals surface area contributed by atoms with Crippen LogP contribution in [-0.2, 0) is 9.59 Å². The van der Waals surface area contributed by atoms with E-state index in [-0.39, 0.29) is 12.0 Å². The zero-order valence-electron chi connectivity index (χ0n) is 15.9. The van der Waals surface area contributed by atoms with Crippen molar-refractivity contribution in [1.29, 1.82) is 0 Å². The van der Waals surface area contributed by atoms with Gasteiger partial charge in [-0.25, -0.2) is 0 Å². The number of para-hydroxylation sites is 2. The summed E-state index contributed by atoms with van der Waals surface area (Å²) >= 11 is 0. The van der Waals surface area contributed by atoms with Gasteiger partial charge in [-0.3, -0.25) is 9.59 Å². The van der Waals surface area contributed by atoms with Crippen LogP contribution < -0.4 is 15.4 Å². The van der Waals surface area contributed by atoms with Gasteiger partial charge in [0.1, 0.15) is 11.2 Å². The molecule has 0 aliphatic heterocycles. The van der Waals surface area contributed by atoms with Crippen LogP contribution in [-0.4, -0.2) is 17.9 Å². The van der Waals surface area contributed by atoms with Gasteiger partial charge in [0.25, 0.3) is 0 Å². The van der Waals surface area contributed by atoms with Gasteiger partial charge in [0.05, 0.1) is 11.8 Å². The van der Waals surface area contributed by atoms with Crippen molar-refractivity contribution >= 4 is 23.2 Å². The Labute approximate surface area is 154 Å². The molecule has 2 aromatic carbocycles. The first-order valence-electron chi connectivity index (χ1n) is 8.65. The molecule has 0 saturated heterocycles. The van der Waals surface area contributed by atoms with E-state index in [1.54, 1.807) is 32.0 Å². The molecule has 0 spiro atoms. The number of anilines is 2. The number of amides is 2. The number of hydrogen-bond donors (Lipinski definition) is 2. The second-order valence-electron chi connectivity index (χ2n) is 7.07. The van der Waals surface area contributed by atoms with Crippen molar-refractivity contribution in [3.05, 3.63) is 54.1 Å². The maximum absolute atomic E-state index is 12.7. The number of benzene rings is 2. The van der Waals surface area contributed by atoms with Crippen LogP contribution in [0, 0.1) is 12.3 Å². The van der Waals surface area contributed by atoms with Crippen molar-refractivity contribution in [2.75, 3.05) is 10.6 Å². The number of carbonyl (C=O) groups excluding carboxylic acids is 2. The van der Waals surface area contributed by atoms with E-state index in [9.17, 15) is 9.59 Å². The Morgan fingerprint density at radius 3 is 2.27 bits per heavy atom. The van der Waals surface area contributed by atoms with Gasteiger partial charge in [-0.05, 0) is 64.4 Å². The number of aryl methyl sites for hydroxylation is 1. The molecular weight excluding hydrogens is 328 g/mol. The Balaban J connectivity index is 2.13. The molecule has 2 aromatic rings. The van der Waals surface area contributed by atoms with Gasteiger partial charge in [0, 0.05) is 5.69 Å². The maximum atomic E-state index is 12.7. The fraction of sp³-hybridized carbons (Fsp3) is 0.333. The van der Waals surface area contributed by atoms with E-state index >= 15 is 0 Å². The lowest BCUT2D eigenvalue weighted by molar-refractivity contribution is -0.135. The molecule has 2 amide bonds. The lowest BCUT2D eigenvalue weighted by Gasteiger charge is -2.24. The van der Waals surface area contributed by atoms with Gasteiger partial charge in [0.15, 0.2) is 0 Å². The maximum Gasteiger partial charge on any atom is 0.239 e. The van der Waals surface area contributed by atoms with E-state index in [2.05, 4.69) is 10.6 Å². The molecule has 0 bridgehead atoms. The lowest BCUT2D eigenvalue weighted by atomic mass is 9.90. The summed E-state index contributed by atoms with van der Waals surface area (Å²) in [5.74, 6) is -0.198. The molecule has 0 fully saturated rings. The molecule has 0 aliphatic carbocycles. The number of nitrogens with one attached hydrogen (secondary N) is 2. The topological polar surface area (TPSA) is 67.4 Å². The molecule has 2 rings (SSSR count). The number of hydrogen-bond acceptors (Lipinski definition) is 3. The zero-order chi connectivity index (χ0) is 19.3. The summed E-state index contributed by atoms with van der Waals surface area (Å²) < 4.78 is 5.71. The molecule has 0 radical (unpaired) electrons. The standard InChI is InChI=1S/C21H26N2O3/c1-14(2)26-18-12-7-6-11-17(18)23-20(25)21(4,5)19(24)22-16-10-8-9-15(3)13-16/h6-14H,1-5H3,(H,22,24)(H,23,25). The van der Waals surface area contributed by atoms with E-state index in [4.69, 9.17) is 4.74 Å². The largest absolute Gasteiger partial charge is 0.489 e. The highest BCUT2D eigenvalue weighted by Gasteiger charge is 2.36. The van der Waals surface area contributed by atoms with Crippen LogP contribution in [0.4, 0.5) is 11.4 Å². The normalized spacial score (nSPS) is 11.2. The molecule has 0 heterocycles. The first-order chi connectivity index (χ1) is 12.2. The highest BCUT2D eigenvalue weighted by atomic mass is 16.5. The van der Waals surface area contributed by atoms with Crippen molar-refractivity contribution in [3.63, 3.8) is 0 Å². The quantitative estimate of drug-likeness (QED) is 0.756. The third kappa shape index (κ3) is 4.85. The van der Waals surface area contributed by atoms with Crippen LogP contribution in [0.3, 0.4) is 0 Å². The van der Waals surface area contributed by atoms with Crippen LogP contribution in [0.15, 0.2) is 48.5 Å².